The summed E-state index contributed by atoms with van der Waals surface area (Å²) in [5.41, 5.74) is 0.680. The van der Waals surface area contributed by atoms with Crippen LogP contribution in [0.1, 0.15) is 25.5 Å². The standard InChI is InChI=1S/C16H24FN3O/c1-3-19(13(2)21)12-16(20-10-8-18-9-11-20)14-6-4-5-7-15(14)17/h4-7,16,18H,3,8-12H2,1-2H3. The van der Waals surface area contributed by atoms with Gasteiger partial charge in [-0.25, -0.2) is 4.39 Å². The summed E-state index contributed by atoms with van der Waals surface area (Å²) >= 11 is 0. The van der Waals surface area contributed by atoms with Gasteiger partial charge in [-0.1, -0.05) is 18.2 Å². The molecule has 21 heavy (non-hydrogen) atoms. The van der Waals surface area contributed by atoms with Gasteiger partial charge in [0.15, 0.2) is 0 Å². The highest BCUT2D eigenvalue weighted by Gasteiger charge is 2.26. The molecule has 1 aromatic carbocycles. The quantitative estimate of drug-likeness (QED) is 0.896. The van der Waals surface area contributed by atoms with Gasteiger partial charge in [0, 0.05) is 51.8 Å². The monoisotopic (exact) mass is 293 g/mol. The molecule has 5 heteroatoms. The van der Waals surface area contributed by atoms with Crippen molar-refractivity contribution in [1.29, 1.82) is 0 Å². The van der Waals surface area contributed by atoms with Crippen molar-refractivity contribution in [2.45, 2.75) is 19.9 Å². The fourth-order valence-electron chi connectivity index (χ4n) is 2.84. The van der Waals surface area contributed by atoms with E-state index in [1.165, 1.54) is 6.07 Å². The predicted octanol–water partition coefficient (Wildman–Crippen LogP) is 1.64. The number of hydrogen-bond donors (Lipinski definition) is 1. The average Bonchev–Trinajstić information content (AvgIpc) is 2.50. The van der Waals surface area contributed by atoms with Crippen LogP contribution in [-0.2, 0) is 4.79 Å². The molecule has 1 atom stereocenters. The van der Waals surface area contributed by atoms with Gasteiger partial charge in [0.25, 0.3) is 0 Å². The smallest absolute Gasteiger partial charge is 0.219 e. The summed E-state index contributed by atoms with van der Waals surface area (Å²) in [5.74, 6) is -0.158. The maximum absolute atomic E-state index is 14.2. The van der Waals surface area contributed by atoms with Crippen LogP contribution in [0, 0.1) is 5.82 Å². The van der Waals surface area contributed by atoms with E-state index in [0.29, 0.717) is 18.7 Å². The molecule has 1 aliphatic heterocycles. The van der Waals surface area contributed by atoms with Crippen LogP contribution in [0.5, 0.6) is 0 Å². The number of halogens is 1. The molecule has 116 valence electrons. The van der Waals surface area contributed by atoms with Crippen LogP contribution >= 0.6 is 0 Å². The Balaban J connectivity index is 2.25. The van der Waals surface area contributed by atoms with E-state index in [0.717, 1.165) is 26.2 Å². The van der Waals surface area contributed by atoms with Crippen LogP contribution in [0.2, 0.25) is 0 Å². The van der Waals surface area contributed by atoms with Crippen LogP contribution in [0.4, 0.5) is 4.39 Å². The fraction of sp³-hybridized carbons (Fsp3) is 0.562. The van der Waals surface area contributed by atoms with Crippen molar-refractivity contribution < 1.29 is 9.18 Å². The highest BCUT2D eigenvalue weighted by molar-refractivity contribution is 5.73. The zero-order valence-corrected chi connectivity index (χ0v) is 12.8. The first-order chi connectivity index (χ1) is 10.1. The first-order valence-corrected chi connectivity index (χ1v) is 7.58. The predicted molar refractivity (Wildman–Crippen MR) is 81.5 cm³/mol. The molecule has 0 bridgehead atoms. The third kappa shape index (κ3) is 4.02. The molecule has 1 fully saturated rings. The Hall–Kier alpha value is -1.46. The number of hydrogen-bond acceptors (Lipinski definition) is 3. The Morgan fingerprint density at radius 2 is 2.05 bits per heavy atom. The summed E-state index contributed by atoms with van der Waals surface area (Å²) in [7, 11) is 0. The molecule has 1 saturated heterocycles. The third-order valence-corrected chi connectivity index (χ3v) is 4.08. The van der Waals surface area contributed by atoms with Gasteiger partial charge in [0.05, 0.1) is 6.04 Å². The van der Waals surface area contributed by atoms with Gasteiger partial charge in [-0.2, -0.15) is 0 Å². The number of benzene rings is 1. The maximum Gasteiger partial charge on any atom is 0.219 e. The van der Waals surface area contributed by atoms with Crippen molar-refractivity contribution >= 4 is 5.91 Å². The lowest BCUT2D eigenvalue weighted by atomic mass is 10.0. The number of piperazine rings is 1. The fourth-order valence-corrected chi connectivity index (χ4v) is 2.84. The molecule has 1 aliphatic rings. The molecule has 0 radical (unpaired) electrons. The molecule has 1 amide bonds. The van der Waals surface area contributed by atoms with E-state index in [2.05, 4.69) is 10.2 Å². The van der Waals surface area contributed by atoms with Gasteiger partial charge < -0.3 is 10.2 Å². The van der Waals surface area contributed by atoms with E-state index in [1.54, 1.807) is 17.9 Å². The molecular weight excluding hydrogens is 269 g/mol. The minimum atomic E-state index is -0.194. The largest absolute Gasteiger partial charge is 0.341 e. The van der Waals surface area contributed by atoms with Gasteiger partial charge in [0.1, 0.15) is 5.82 Å². The van der Waals surface area contributed by atoms with Crippen LogP contribution in [0.3, 0.4) is 0 Å². The molecule has 4 nitrogen and oxygen atoms in total. The number of carbonyl (C=O) groups is 1. The van der Waals surface area contributed by atoms with Crippen molar-refractivity contribution in [3.8, 4) is 0 Å². The SMILES string of the molecule is CCN(CC(c1ccccc1F)N1CCNCC1)C(C)=O. The molecule has 1 unspecified atom stereocenters. The normalized spacial score (nSPS) is 17.5. The van der Waals surface area contributed by atoms with Gasteiger partial charge in [-0.15, -0.1) is 0 Å². The number of nitrogens with zero attached hydrogens (tertiary/aromatic N) is 2. The topological polar surface area (TPSA) is 35.6 Å². The second-order valence-corrected chi connectivity index (χ2v) is 5.38. The van der Waals surface area contributed by atoms with Gasteiger partial charge >= 0.3 is 0 Å². The van der Waals surface area contributed by atoms with E-state index < -0.39 is 0 Å². The molecule has 0 spiro atoms. The van der Waals surface area contributed by atoms with Crippen LogP contribution in [0.25, 0.3) is 0 Å². The Morgan fingerprint density at radius 3 is 2.62 bits per heavy atom. The summed E-state index contributed by atoms with van der Waals surface area (Å²) in [5, 5.41) is 3.31. The maximum atomic E-state index is 14.2. The van der Waals surface area contributed by atoms with Crippen molar-refractivity contribution in [3.05, 3.63) is 35.6 Å². The molecule has 2 rings (SSSR count). The van der Waals surface area contributed by atoms with Crippen molar-refractivity contribution in [2.75, 3.05) is 39.3 Å². The highest BCUT2D eigenvalue weighted by atomic mass is 19.1. The second-order valence-electron chi connectivity index (χ2n) is 5.38. The van der Waals surface area contributed by atoms with E-state index in [1.807, 2.05) is 19.1 Å². The number of likely N-dealkylation sites (N-methyl/N-ethyl adjacent to an activating group) is 1. The van der Waals surface area contributed by atoms with E-state index in [-0.39, 0.29) is 17.8 Å². The zero-order valence-electron chi connectivity index (χ0n) is 12.8. The Morgan fingerprint density at radius 1 is 1.38 bits per heavy atom. The zero-order chi connectivity index (χ0) is 15.2. The molecular formula is C16H24FN3O. The number of carbonyl (C=O) groups excluding carboxylic acids is 1. The third-order valence-electron chi connectivity index (χ3n) is 4.08. The Bertz CT molecular complexity index is 474. The summed E-state index contributed by atoms with van der Waals surface area (Å²) in [6.45, 7) is 8.24. The van der Waals surface area contributed by atoms with Crippen molar-refractivity contribution in [3.63, 3.8) is 0 Å². The molecule has 0 saturated carbocycles. The number of nitrogens with one attached hydrogen (secondary N) is 1. The number of rotatable bonds is 5. The minimum absolute atomic E-state index is 0.0361. The van der Waals surface area contributed by atoms with Crippen LogP contribution < -0.4 is 5.32 Å². The first-order valence-electron chi connectivity index (χ1n) is 7.58. The van der Waals surface area contributed by atoms with Crippen LogP contribution in [0.15, 0.2) is 24.3 Å². The molecule has 0 aliphatic carbocycles. The van der Waals surface area contributed by atoms with Gasteiger partial charge in [-0.3, -0.25) is 9.69 Å². The van der Waals surface area contributed by atoms with E-state index in [4.69, 9.17) is 0 Å². The second kappa shape index (κ2) is 7.52. The van der Waals surface area contributed by atoms with Crippen LogP contribution in [-0.4, -0.2) is 55.0 Å². The summed E-state index contributed by atoms with van der Waals surface area (Å²) in [6, 6.07) is 6.80. The summed E-state index contributed by atoms with van der Waals surface area (Å²) < 4.78 is 14.2. The van der Waals surface area contributed by atoms with Gasteiger partial charge in [-0.05, 0) is 13.0 Å². The summed E-state index contributed by atoms with van der Waals surface area (Å²) in [4.78, 5) is 15.8. The lowest BCUT2D eigenvalue weighted by molar-refractivity contribution is -0.129. The minimum Gasteiger partial charge on any atom is -0.341 e. The highest BCUT2D eigenvalue weighted by Crippen LogP contribution is 2.25. The van der Waals surface area contributed by atoms with E-state index in [9.17, 15) is 9.18 Å². The Labute approximate surface area is 125 Å². The average molecular weight is 293 g/mol. The van der Waals surface area contributed by atoms with E-state index >= 15 is 0 Å². The van der Waals surface area contributed by atoms with Crippen molar-refractivity contribution in [1.82, 2.24) is 15.1 Å². The lowest BCUT2D eigenvalue weighted by Crippen LogP contribution is -2.48. The molecule has 1 heterocycles. The Kier molecular flexibility index (Phi) is 5.70. The first kappa shape index (κ1) is 15.9. The molecule has 0 aromatic heterocycles. The lowest BCUT2D eigenvalue weighted by Gasteiger charge is -2.37. The molecule has 1 aromatic rings. The van der Waals surface area contributed by atoms with Gasteiger partial charge in [0.2, 0.25) is 5.91 Å². The molecule has 1 N–H and O–H groups in total. The number of amides is 1. The van der Waals surface area contributed by atoms with Crippen molar-refractivity contribution in [2.24, 2.45) is 0 Å². The summed E-state index contributed by atoms with van der Waals surface area (Å²) in [6.07, 6.45) is 0.